The highest BCUT2D eigenvalue weighted by molar-refractivity contribution is 5.85. The van der Waals surface area contributed by atoms with Crippen molar-refractivity contribution in [3.63, 3.8) is 0 Å². The van der Waals surface area contributed by atoms with Crippen LogP contribution in [0.2, 0.25) is 0 Å². The zero-order valence-corrected chi connectivity index (χ0v) is 18.9. The number of likely N-dealkylation sites (tertiary alicyclic amines) is 1. The van der Waals surface area contributed by atoms with Crippen molar-refractivity contribution < 1.29 is 19.0 Å². The van der Waals surface area contributed by atoms with Crippen LogP contribution in [0, 0.1) is 0 Å². The van der Waals surface area contributed by atoms with Gasteiger partial charge in [-0.15, -0.1) is 0 Å². The van der Waals surface area contributed by atoms with Crippen LogP contribution in [0.4, 0.5) is 10.5 Å². The molecule has 1 atom stereocenters. The fraction of sp³-hybridized carbons (Fsp3) is 0.708. The molecule has 1 aromatic carbocycles. The number of nitrogens with one attached hydrogen (secondary N) is 1. The third-order valence-electron chi connectivity index (χ3n) is 5.18. The number of ether oxygens (including phenoxy) is 3. The number of carbonyl (C=O) groups is 1. The molecule has 1 aliphatic rings. The molecule has 6 nitrogen and oxygen atoms in total. The first-order valence-corrected chi connectivity index (χ1v) is 11.7. The summed E-state index contributed by atoms with van der Waals surface area (Å²) in [6.07, 6.45) is 8.61. The fourth-order valence-corrected chi connectivity index (χ4v) is 3.59. The van der Waals surface area contributed by atoms with Crippen molar-refractivity contribution in [2.75, 3.05) is 44.8 Å². The summed E-state index contributed by atoms with van der Waals surface area (Å²) in [6.45, 7) is 8.92. The molecule has 1 unspecified atom stereocenters. The van der Waals surface area contributed by atoms with Gasteiger partial charge in [-0.05, 0) is 50.9 Å². The Morgan fingerprint density at radius 3 is 2.67 bits per heavy atom. The smallest absolute Gasteiger partial charge is 0.412 e. The lowest BCUT2D eigenvalue weighted by atomic mass is 10.1. The molecule has 0 radical (unpaired) electrons. The SMILES string of the molecule is CCCCCCOc1cccc(NC(=O)OC(COCCC)CN2CCCCC2)c1. The molecule has 0 saturated carbocycles. The Kier molecular flexibility index (Phi) is 12.3. The minimum absolute atomic E-state index is 0.271. The summed E-state index contributed by atoms with van der Waals surface area (Å²) in [5.41, 5.74) is 0.678. The summed E-state index contributed by atoms with van der Waals surface area (Å²) in [7, 11) is 0. The average molecular weight is 421 g/mol. The summed E-state index contributed by atoms with van der Waals surface area (Å²) < 4.78 is 17.2. The second-order valence-electron chi connectivity index (χ2n) is 8.03. The number of hydrogen-bond donors (Lipinski definition) is 1. The maximum Gasteiger partial charge on any atom is 0.412 e. The van der Waals surface area contributed by atoms with E-state index in [0.29, 0.717) is 25.5 Å². The lowest BCUT2D eigenvalue weighted by Gasteiger charge is -2.30. The second-order valence-corrected chi connectivity index (χ2v) is 8.03. The van der Waals surface area contributed by atoms with E-state index in [9.17, 15) is 4.79 Å². The number of rotatable bonds is 14. The quantitative estimate of drug-likeness (QED) is 0.404. The number of piperidine rings is 1. The van der Waals surface area contributed by atoms with Crippen molar-refractivity contribution in [3.8, 4) is 5.75 Å². The molecule has 0 spiro atoms. The Bertz CT molecular complexity index is 590. The number of benzene rings is 1. The zero-order valence-electron chi connectivity index (χ0n) is 18.9. The minimum Gasteiger partial charge on any atom is -0.494 e. The summed E-state index contributed by atoms with van der Waals surface area (Å²) in [6, 6.07) is 7.48. The molecule has 1 amide bonds. The predicted octanol–water partition coefficient (Wildman–Crippen LogP) is 5.48. The number of unbranched alkanes of at least 4 members (excludes halogenated alkanes) is 3. The van der Waals surface area contributed by atoms with Gasteiger partial charge in [0, 0.05) is 24.9 Å². The number of carbonyl (C=O) groups excluding carboxylic acids is 1. The van der Waals surface area contributed by atoms with Crippen LogP contribution in [0.1, 0.15) is 65.2 Å². The van der Waals surface area contributed by atoms with E-state index in [4.69, 9.17) is 14.2 Å². The molecule has 1 aliphatic heterocycles. The van der Waals surface area contributed by atoms with E-state index in [1.165, 1.54) is 38.5 Å². The molecule has 1 aromatic rings. The van der Waals surface area contributed by atoms with Crippen molar-refractivity contribution in [1.82, 2.24) is 4.90 Å². The molecule has 6 heteroatoms. The van der Waals surface area contributed by atoms with Gasteiger partial charge in [0.25, 0.3) is 0 Å². The van der Waals surface area contributed by atoms with Gasteiger partial charge in [0.15, 0.2) is 0 Å². The first-order valence-electron chi connectivity index (χ1n) is 11.7. The van der Waals surface area contributed by atoms with Gasteiger partial charge in [-0.3, -0.25) is 10.2 Å². The topological polar surface area (TPSA) is 60.0 Å². The largest absolute Gasteiger partial charge is 0.494 e. The molecule has 1 N–H and O–H groups in total. The first-order chi connectivity index (χ1) is 14.7. The highest BCUT2D eigenvalue weighted by atomic mass is 16.6. The monoisotopic (exact) mass is 420 g/mol. The first kappa shape index (κ1) is 24.5. The maximum absolute atomic E-state index is 12.5. The Morgan fingerprint density at radius 1 is 1.07 bits per heavy atom. The van der Waals surface area contributed by atoms with Crippen molar-refractivity contribution in [3.05, 3.63) is 24.3 Å². The molecule has 0 aromatic heterocycles. The van der Waals surface area contributed by atoms with Gasteiger partial charge in [-0.25, -0.2) is 4.79 Å². The van der Waals surface area contributed by atoms with Crippen LogP contribution in [0.25, 0.3) is 0 Å². The van der Waals surface area contributed by atoms with E-state index in [2.05, 4.69) is 24.1 Å². The zero-order chi connectivity index (χ0) is 21.4. The number of amides is 1. The van der Waals surface area contributed by atoms with Gasteiger partial charge in [-0.1, -0.05) is 45.6 Å². The van der Waals surface area contributed by atoms with E-state index in [1.807, 2.05) is 24.3 Å². The van der Waals surface area contributed by atoms with Crippen LogP contribution in [-0.2, 0) is 9.47 Å². The molecule has 1 saturated heterocycles. The fourth-order valence-electron chi connectivity index (χ4n) is 3.59. The molecule has 0 bridgehead atoms. The third-order valence-corrected chi connectivity index (χ3v) is 5.18. The van der Waals surface area contributed by atoms with Crippen LogP contribution in [0.5, 0.6) is 5.75 Å². The maximum atomic E-state index is 12.5. The normalized spacial score (nSPS) is 15.5. The van der Waals surface area contributed by atoms with E-state index < -0.39 is 6.09 Å². The highest BCUT2D eigenvalue weighted by Gasteiger charge is 2.20. The average Bonchev–Trinajstić information content (AvgIpc) is 2.74. The van der Waals surface area contributed by atoms with Gasteiger partial charge in [0.1, 0.15) is 11.9 Å². The Balaban J connectivity index is 1.81. The van der Waals surface area contributed by atoms with Gasteiger partial charge < -0.3 is 14.2 Å². The number of anilines is 1. The van der Waals surface area contributed by atoms with Crippen LogP contribution in [0.3, 0.4) is 0 Å². The Hall–Kier alpha value is -1.79. The third kappa shape index (κ3) is 10.3. The van der Waals surface area contributed by atoms with E-state index >= 15 is 0 Å². The van der Waals surface area contributed by atoms with Crippen LogP contribution in [0.15, 0.2) is 24.3 Å². The molecular weight excluding hydrogens is 380 g/mol. The van der Waals surface area contributed by atoms with Crippen LogP contribution in [-0.4, -0.2) is 56.6 Å². The molecule has 2 rings (SSSR count). The van der Waals surface area contributed by atoms with Gasteiger partial charge in [0.05, 0.1) is 13.2 Å². The second kappa shape index (κ2) is 15.1. The Labute approximate surface area is 182 Å². The Morgan fingerprint density at radius 2 is 1.90 bits per heavy atom. The summed E-state index contributed by atoms with van der Waals surface area (Å²) in [4.78, 5) is 14.9. The summed E-state index contributed by atoms with van der Waals surface area (Å²) >= 11 is 0. The van der Waals surface area contributed by atoms with Gasteiger partial charge >= 0.3 is 6.09 Å². The van der Waals surface area contributed by atoms with Gasteiger partial charge in [0.2, 0.25) is 0 Å². The molecule has 170 valence electrons. The minimum atomic E-state index is -0.447. The molecular formula is C24H40N2O4. The summed E-state index contributed by atoms with van der Waals surface area (Å²) in [5.74, 6) is 0.764. The van der Waals surface area contributed by atoms with Crippen molar-refractivity contribution in [1.29, 1.82) is 0 Å². The summed E-state index contributed by atoms with van der Waals surface area (Å²) in [5, 5.41) is 2.84. The van der Waals surface area contributed by atoms with E-state index in [0.717, 1.165) is 38.2 Å². The standard InChI is InChI=1S/C24H40N2O4/c1-3-5-6-10-17-29-22-13-11-12-21(18-22)25-24(27)30-23(20-28-16-4-2)19-26-14-8-7-9-15-26/h11-13,18,23H,3-10,14-17,19-20H2,1-2H3,(H,25,27). The lowest BCUT2D eigenvalue weighted by Crippen LogP contribution is -2.41. The van der Waals surface area contributed by atoms with Crippen molar-refractivity contribution >= 4 is 11.8 Å². The van der Waals surface area contributed by atoms with E-state index in [-0.39, 0.29) is 6.10 Å². The van der Waals surface area contributed by atoms with Crippen LogP contribution >= 0.6 is 0 Å². The van der Waals surface area contributed by atoms with Crippen LogP contribution < -0.4 is 10.1 Å². The highest BCUT2D eigenvalue weighted by Crippen LogP contribution is 2.18. The molecule has 1 heterocycles. The molecule has 30 heavy (non-hydrogen) atoms. The van der Waals surface area contributed by atoms with E-state index in [1.54, 1.807) is 0 Å². The van der Waals surface area contributed by atoms with Gasteiger partial charge in [-0.2, -0.15) is 0 Å². The lowest BCUT2D eigenvalue weighted by molar-refractivity contribution is 0.00489. The predicted molar refractivity (Wildman–Crippen MR) is 121 cm³/mol. The number of hydrogen-bond acceptors (Lipinski definition) is 5. The van der Waals surface area contributed by atoms with Crippen molar-refractivity contribution in [2.24, 2.45) is 0 Å². The van der Waals surface area contributed by atoms with Crippen molar-refractivity contribution in [2.45, 2.75) is 71.3 Å². The molecule has 1 fully saturated rings. The molecule has 0 aliphatic carbocycles. The number of nitrogens with zero attached hydrogens (tertiary/aromatic N) is 1.